The van der Waals surface area contributed by atoms with E-state index >= 15 is 0 Å². The van der Waals surface area contributed by atoms with Gasteiger partial charge in [0.2, 0.25) is 5.88 Å². The smallest absolute Gasteiger partial charge is 0.342 e. The third kappa shape index (κ3) is 7.74. The lowest BCUT2D eigenvalue weighted by atomic mass is 9.96. The Morgan fingerprint density at radius 3 is 2.79 bits per heavy atom. The number of carboxylic acids is 1. The van der Waals surface area contributed by atoms with Crippen molar-refractivity contribution in [2.24, 2.45) is 5.92 Å². The normalized spacial score (nSPS) is 17.8. The number of allylic oxidation sites excluding steroid dienone is 3. The highest BCUT2D eigenvalue weighted by Crippen LogP contribution is 2.28. The highest BCUT2D eigenvalue weighted by Gasteiger charge is 2.23. The fourth-order valence-electron chi connectivity index (χ4n) is 5.22. The van der Waals surface area contributed by atoms with Gasteiger partial charge < -0.3 is 30.0 Å². The topological polar surface area (TPSA) is 117 Å². The molecule has 2 aromatic rings. The predicted molar refractivity (Wildman–Crippen MR) is 164 cm³/mol. The Kier molecular flexibility index (Phi) is 10.7. The van der Waals surface area contributed by atoms with Gasteiger partial charge >= 0.3 is 5.97 Å². The summed E-state index contributed by atoms with van der Waals surface area (Å²) in [4.78, 5) is 18.7. The molecule has 1 fully saturated rings. The van der Waals surface area contributed by atoms with E-state index in [0.29, 0.717) is 35.4 Å². The van der Waals surface area contributed by atoms with Crippen molar-refractivity contribution >= 4 is 23.6 Å². The van der Waals surface area contributed by atoms with Crippen LogP contribution in [0.15, 0.2) is 78.4 Å². The molecule has 2 aliphatic heterocycles. The minimum absolute atomic E-state index is 0.0618. The first-order chi connectivity index (χ1) is 20.3. The summed E-state index contributed by atoms with van der Waals surface area (Å²) in [6.07, 6.45) is 4.58. The largest absolute Gasteiger partial charge is 0.488 e. The Morgan fingerprint density at radius 1 is 1.29 bits per heavy atom. The Morgan fingerprint density at radius 2 is 2.12 bits per heavy atom. The van der Waals surface area contributed by atoms with Crippen LogP contribution in [0.3, 0.4) is 0 Å². The van der Waals surface area contributed by atoms with Gasteiger partial charge in [0, 0.05) is 38.0 Å². The van der Waals surface area contributed by atoms with E-state index in [4.69, 9.17) is 19.6 Å². The van der Waals surface area contributed by atoms with E-state index in [9.17, 15) is 9.90 Å². The Bertz CT molecular complexity index is 1390. The molecule has 0 bridgehead atoms. The van der Waals surface area contributed by atoms with Crippen LogP contribution in [0.4, 0.5) is 5.82 Å². The molecule has 1 aromatic carbocycles. The molecule has 0 spiro atoms. The summed E-state index contributed by atoms with van der Waals surface area (Å²) < 4.78 is 17.3. The molecule has 9 heteroatoms. The SMILES string of the molecule is C=C/C(=C(/OCc1ccc2c(c1)CCN(CC1CCOC1)C2)C(=C)C)c1cccc(N/C(OCC)=C(\C=N)C(=O)O)n1. The molecule has 4 rings (SSSR count). The van der Waals surface area contributed by atoms with Crippen molar-refractivity contribution in [1.29, 1.82) is 5.41 Å². The number of aromatic nitrogens is 1. The lowest BCUT2D eigenvalue weighted by Gasteiger charge is -2.30. The van der Waals surface area contributed by atoms with Gasteiger partial charge in [0.05, 0.1) is 18.9 Å². The maximum absolute atomic E-state index is 11.6. The summed E-state index contributed by atoms with van der Waals surface area (Å²) in [5.41, 5.74) is 5.45. The van der Waals surface area contributed by atoms with E-state index in [2.05, 4.69) is 46.6 Å². The van der Waals surface area contributed by atoms with Crippen LogP contribution in [0.5, 0.6) is 0 Å². The number of ether oxygens (including phenoxy) is 3. The van der Waals surface area contributed by atoms with E-state index in [0.717, 1.165) is 63.0 Å². The third-order valence-corrected chi connectivity index (χ3v) is 7.30. The van der Waals surface area contributed by atoms with Crippen LogP contribution in [0.2, 0.25) is 0 Å². The van der Waals surface area contributed by atoms with Gasteiger partial charge in [-0.2, -0.15) is 0 Å². The van der Waals surface area contributed by atoms with Crippen molar-refractivity contribution in [2.45, 2.75) is 39.8 Å². The summed E-state index contributed by atoms with van der Waals surface area (Å²) in [6.45, 7) is 17.2. The monoisotopic (exact) mass is 572 g/mol. The zero-order valence-corrected chi connectivity index (χ0v) is 24.4. The molecule has 3 N–H and O–H groups in total. The minimum Gasteiger partial charge on any atom is -0.488 e. The van der Waals surface area contributed by atoms with Gasteiger partial charge in [-0.25, -0.2) is 9.78 Å². The van der Waals surface area contributed by atoms with Gasteiger partial charge in [0.15, 0.2) is 0 Å². The molecule has 3 heterocycles. The van der Waals surface area contributed by atoms with Crippen molar-refractivity contribution in [3.63, 3.8) is 0 Å². The second kappa shape index (κ2) is 14.6. The minimum atomic E-state index is -1.28. The van der Waals surface area contributed by atoms with Gasteiger partial charge in [-0.15, -0.1) is 0 Å². The maximum atomic E-state index is 11.6. The highest BCUT2D eigenvalue weighted by atomic mass is 16.5. The molecule has 0 radical (unpaired) electrons. The molecule has 2 aliphatic rings. The van der Waals surface area contributed by atoms with E-state index in [-0.39, 0.29) is 18.1 Å². The Labute approximate surface area is 247 Å². The zero-order chi connectivity index (χ0) is 30.1. The van der Waals surface area contributed by atoms with Crippen LogP contribution in [0.1, 0.15) is 42.7 Å². The zero-order valence-electron chi connectivity index (χ0n) is 24.4. The molecular weight excluding hydrogens is 532 g/mol. The van der Waals surface area contributed by atoms with Crippen molar-refractivity contribution in [3.05, 3.63) is 101 Å². The van der Waals surface area contributed by atoms with Crippen molar-refractivity contribution < 1.29 is 24.1 Å². The highest BCUT2D eigenvalue weighted by molar-refractivity contribution is 6.08. The Balaban J connectivity index is 1.51. The van der Waals surface area contributed by atoms with Crippen LogP contribution >= 0.6 is 0 Å². The summed E-state index contributed by atoms with van der Waals surface area (Å²) in [5, 5.41) is 19.8. The van der Waals surface area contributed by atoms with Crippen LogP contribution in [-0.4, -0.2) is 60.1 Å². The molecule has 1 atom stereocenters. The van der Waals surface area contributed by atoms with Gasteiger partial charge in [0.25, 0.3) is 0 Å². The van der Waals surface area contributed by atoms with Gasteiger partial charge in [-0.1, -0.05) is 43.5 Å². The first-order valence-electron chi connectivity index (χ1n) is 14.2. The molecule has 42 heavy (non-hydrogen) atoms. The molecule has 1 aromatic heterocycles. The summed E-state index contributed by atoms with van der Waals surface area (Å²) in [5.74, 6) is 0.224. The number of benzene rings is 1. The van der Waals surface area contributed by atoms with E-state index in [1.807, 2.05) is 13.0 Å². The molecule has 9 nitrogen and oxygen atoms in total. The number of anilines is 1. The fraction of sp³-hybridized carbons (Fsp3) is 0.364. The lowest BCUT2D eigenvalue weighted by molar-refractivity contribution is -0.132. The standard InChI is InChI=1S/C33H40N4O5/c1-5-27(29-8-7-9-30(35-29)36-32(41-6-2)28(17-34)33(38)39)31(22(3)4)42-21-23-10-11-26-19-37(14-12-25(26)16-23)18-24-13-15-40-20-24/h5,7-11,16-17,24,34H,1,3,6,12-15,18-21H2,2,4H3,(H,35,36)(H,38,39)/b31-27-,32-28-,34-17?. The predicted octanol–water partition coefficient (Wildman–Crippen LogP) is 5.56. The molecule has 1 saturated heterocycles. The maximum Gasteiger partial charge on any atom is 0.342 e. The molecule has 0 saturated carbocycles. The van der Waals surface area contributed by atoms with Crippen molar-refractivity contribution in [2.75, 3.05) is 38.2 Å². The summed E-state index contributed by atoms with van der Waals surface area (Å²) >= 11 is 0. The lowest BCUT2D eigenvalue weighted by Crippen LogP contribution is -2.34. The molecule has 222 valence electrons. The van der Waals surface area contributed by atoms with E-state index < -0.39 is 5.97 Å². The summed E-state index contributed by atoms with van der Waals surface area (Å²) in [7, 11) is 0. The first kappa shape index (κ1) is 30.7. The van der Waals surface area contributed by atoms with Gasteiger partial charge in [-0.05, 0) is 67.0 Å². The molecule has 0 aliphatic carbocycles. The quantitative estimate of drug-likeness (QED) is 0.117. The third-order valence-electron chi connectivity index (χ3n) is 7.30. The van der Waals surface area contributed by atoms with Crippen molar-refractivity contribution in [1.82, 2.24) is 9.88 Å². The molecule has 1 unspecified atom stereocenters. The van der Waals surface area contributed by atoms with E-state index in [1.165, 1.54) is 11.1 Å². The average molecular weight is 573 g/mol. The number of rotatable bonds is 14. The Hall–Kier alpha value is -4.21. The molecule has 0 amide bonds. The number of pyridine rings is 1. The summed E-state index contributed by atoms with van der Waals surface area (Å²) in [6, 6.07) is 11.9. The number of hydrogen-bond acceptors (Lipinski definition) is 8. The van der Waals surface area contributed by atoms with Crippen LogP contribution in [0.25, 0.3) is 5.57 Å². The number of carbonyl (C=O) groups is 1. The number of nitrogens with one attached hydrogen (secondary N) is 2. The van der Waals surface area contributed by atoms with Gasteiger partial charge in [0.1, 0.15) is 23.8 Å². The fourth-order valence-corrected chi connectivity index (χ4v) is 5.22. The second-order valence-electron chi connectivity index (χ2n) is 10.5. The average Bonchev–Trinajstić information content (AvgIpc) is 3.48. The van der Waals surface area contributed by atoms with E-state index in [1.54, 1.807) is 25.1 Å². The van der Waals surface area contributed by atoms with Crippen molar-refractivity contribution in [3.8, 4) is 0 Å². The van der Waals surface area contributed by atoms with Crippen LogP contribution < -0.4 is 5.32 Å². The number of nitrogens with zero attached hydrogens (tertiary/aromatic N) is 2. The van der Waals surface area contributed by atoms with Crippen LogP contribution in [-0.2, 0) is 38.6 Å². The number of carboxylic acid groups (broad SMARTS) is 1. The first-order valence-corrected chi connectivity index (χ1v) is 14.2. The van der Waals surface area contributed by atoms with Crippen LogP contribution in [0, 0.1) is 11.3 Å². The number of fused-ring (bicyclic) bond motifs is 1. The number of hydrogen-bond donors (Lipinski definition) is 3. The van der Waals surface area contributed by atoms with Gasteiger partial charge in [-0.3, -0.25) is 4.90 Å². The molecular formula is C33H40N4O5. The second-order valence-corrected chi connectivity index (χ2v) is 10.5. The number of aliphatic carboxylic acids is 1.